The normalized spacial score (nSPS) is 11.0. The van der Waals surface area contributed by atoms with Crippen molar-refractivity contribution in [2.24, 2.45) is 0 Å². The highest BCUT2D eigenvalue weighted by molar-refractivity contribution is 7.98. The largest absolute Gasteiger partial charge is 0.508 e. The molecule has 0 aliphatic carbocycles. The smallest absolute Gasteiger partial charge is 0.214 e. The Hall–Kier alpha value is -2.42. The molecule has 2 aromatic carbocycles. The number of thioether (sulfide) groups is 1. The van der Waals surface area contributed by atoms with Crippen LogP contribution in [0.4, 0.5) is 0 Å². The fourth-order valence-electron chi connectivity index (χ4n) is 2.44. The van der Waals surface area contributed by atoms with Gasteiger partial charge in [-0.3, -0.25) is 0 Å². The van der Waals surface area contributed by atoms with Crippen molar-refractivity contribution in [3.63, 3.8) is 0 Å². The van der Waals surface area contributed by atoms with Gasteiger partial charge in [0.15, 0.2) is 0 Å². The van der Waals surface area contributed by atoms with Gasteiger partial charge in [0.25, 0.3) is 0 Å². The molecule has 0 amide bonds. The van der Waals surface area contributed by atoms with E-state index in [1.807, 2.05) is 24.3 Å². The minimum absolute atomic E-state index is 0.205. The Morgan fingerprint density at radius 3 is 2.63 bits per heavy atom. The quantitative estimate of drug-likeness (QED) is 0.471. The Balaban J connectivity index is 1.41. The third kappa shape index (κ3) is 4.47. The number of rotatable bonds is 6. The molecule has 27 heavy (non-hydrogen) atoms. The molecule has 2 heterocycles. The summed E-state index contributed by atoms with van der Waals surface area (Å²) in [6, 6.07) is 14.6. The molecule has 0 aliphatic rings. The summed E-state index contributed by atoms with van der Waals surface area (Å²) in [5.74, 6) is 0.881. The van der Waals surface area contributed by atoms with Gasteiger partial charge < -0.3 is 5.11 Å². The maximum absolute atomic E-state index is 9.42. The molecule has 6 nitrogen and oxygen atoms in total. The van der Waals surface area contributed by atoms with Crippen molar-refractivity contribution in [3.05, 3.63) is 75.2 Å². The summed E-state index contributed by atoms with van der Waals surface area (Å²) < 4.78 is 1.64. The van der Waals surface area contributed by atoms with E-state index in [1.54, 1.807) is 40.3 Å². The number of benzene rings is 2. The highest BCUT2D eigenvalue weighted by Crippen LogP contribution is 2.25. The second kappa shape index (κ2) is 8.08. The van der Waals surface area contributed by atoms with Crippen LogP contribution in [0.5, 0.6) is 5.75 Å². The number of nitrogens with zero attached hydrogens (tertiary/aromatic N) is 5. The van der Waals surface area contributed by atoms with Crippen LogP contribution in [-0.4, -0.2) is 30.3 Å². The van der Waals surface area contributed by atoms with Gasteiger partial charge in [-0.05, 0) is 52.4 Å². The van der Waals surface area contributed by atoms with E-state index in [4.69, 9.17) is 16.6 Å². The highest BCUT2D eigenvalue weighted by atomic mass is 35.5. The Morgan fingerprint density at radius 2 is 1.85 bits per heavy atom. The molecule has 0 atom stereocenters. The van der Waals surface area contributed by atoms with Gasteiger partial charge in [-0.2, -0.15) is 4.68 Å². The standard InChI is InChI=1S/C18H14ClN5OS2/c19-13-3-1-12(2-4-13)9-17-20-14(10-26-17)11-27-18-21-22-23-24(18)15-5-7-16(25)8-6-15/h1-8,10,25H,9,11H2. The van der Waals surface area contributed by atoms with Crippen molar-refractivity contribution in [1.29, 1.82) is 0 Å². The van der Waals surface area contributed by atoms with Gasteiger partial charge in [-0.1, -0.05) is 35.5 Å². The number of halogens is 1. The second-order valence-electron chi connectivity index (χ2n) is 5.71. The lowest BCUT2D eigenvalue weighted by atomic mass is 10.2. The molecule has 0 spiro atoms. The van der Waals surface area contributed by atoms with E-state index in [2.05, 4.69) is 20.9 Å². The summed E-state index contributed by atoms with van der Waals surface area (Å²) in [6.45, 7) is 0. The van der Waals surface area contributed by atoms with Crippen molar-refractivity contribution in [2.75, 3.05) is 0 Å². The van der Waals surface area contributed by atoms with Crippen LogP contribution in [-0.2, 0) is 12.2 Å². The maximum Gasteiger partial charge on any atom is 0.214 e. The Kier molecular flexibility index (Phi) is 5.38. The molecular formula is C18H14ClN5OS2. The molecule has 0 bridgehead atoms. The van der Waals surface area contributed by atoms with Crippen molar-refractivity contribution in [2.45, 2.75) is 17.3 Å². The number of thiazole rings is 1. The second-order valence-corrected chi connectivity index (χ2v) is 8.04. The van der Waals surface area contributed by atoms with Crippen molar-refractivity contribution in [1.82, 2.24) is 25.2 Å². The van der Waals surface area contributed by atoms with Crippen LogP contribution in [0.25, 0.3) is 5.69 Å². The van der Waals surface area contributed by atoms with Crippen LogP contribution in [0.1, 0.15) is 16.3 Å². The van der Waals surface area contributed by atoms with Crippen LogP contribution in [0, 0.1) is 0 Å². The van der Waals surface area contributed by atoms with Gasteiger partial charge in [0.2, 0.25) is 5.16 Å². The first kappa shape index (κ1) is 18.0. The summed E-state index contributed by atoms with van der Waals surface area (Å²) in [4.78, 5) is 4.70. The lowest BCUT2D eigenvalue weighted by Crippen LogP contribution is -1.98. The van der Waals surface area contributed by atoms with Crippen LogP contribution < -0.4 is 0 Å². The van der Waals surface area contributed by atoms with Crippen molar-refractivity contribution < 1.29 is 5.11 Å². The summed E-state index contributed by atoms with van der Waals surface area (Å²) in [5, 5.41) is 25.8. The molecule has 0 aliphatic heterocycles. The lowest BCUT2D eigenvalue weighted by Gasteiger charge is -2.03. The third-order valence-corrected chi connectivity index (χ3v) is 5.85. The zero-order valence-electron chi connectivity index (χ0n) is 14.0. The van der Waals surface area contributed by atoms with Crippen molar-refractivity contribution in [3.8, 4) is 11.4 Å². The minimum atomic E-state index is 0.205. The number of phenolic OH excluding ortho intramolecular Hbond substituents is 1. The zero-order valence-corrected chi connectivity index (χ0v) is 16.4. The fraction of sp³-hybridized carbons (Fsp3) is 0.111. The lowest BCUT2D eigenvalue weighted by molar-refractivity contribution is 0.475. The predicted octanol–water partition coefficient (Wildman–Crippen LogP) is 4.36. The molecule has 2 aromatic heterocycles. The molecule has 4 rings (SSSR count). The van der Waals surface area contributed by atoms with E-state index in [0.717, 1.165) is 27.8 Å². The molecule has 9 heteroatoms. The molecule has 1 N–H and O–H groups in total. The summed E-state index contributed by atoms with van der Waals surface area (Å²) in [7, 11) is 0. The summed E-state index contributed by atoms with van der Waals surface area (Å²) in [6.07, 6.45) is 0.789. The first-order chi connectivity index (χ1) is 13.2. The first-order valence-electron chi connectivity index (χ1n) is 8.06. The Morgan fingerprint density at radius 1 is 1.07 bits per heavy atom. The maximum atomic E-state index is 9.42. The Labute approximate surface area is 168 Å². The fourth-order valence-corrected chi connectivity index (χ4v) is 4.28. The first-order valence-corrected chi connectivity index (χ1v) is 10.3. The van der Waals surface area contributed by atoms with Crippen molar-refractivity contribution >= 4 is 34.7 Å². The van der Waals surface area contributed by atoms with Crippen LogP contribution in [0.3, 0.4) is 0 Å². The molecule has 0 saturated carbocycles. The van der Waals surface area contributed by atoms with E-state index in [-0.39, 0.29) is 5.75 Å². The monoisotopic (exact) mass is 415 g/mol. The molecule has 0 unspecified atom stereocenters. The van der Waals surface area contributed by atoms with E-state index in [9.17, 15) is 5.11 Å². The average molecular weight is 416 g/mol. The van der Waals surface area contributed by atoms with Gasteiger partial charge in [0.1, 0.15) is 5.75 Å². The number of phenols is 1. The SMILES string of the molecule is Oc1ccc(-n2nnnc2SCc2csc(Cc3ccc(Cl)cc3)n2)cc1. The topological polar surface area (TPSA) is 76.7 Å². The zero-order chi connectivity index (χ0) is 18.6. The summed E-state index contributed by atoms with van der Waals surface area (Å²) >= 11 is 9.09. The van der Waals surface area contributed by atoms with Gasteiger partial charge in [0.05, 0.1) is 16.4 Å². The minimum Gasteiger partial charge on any atom is -0.508 e. The molecule has 0 fully saturated rings. The van der Waals surface area contributed by atoms with Gasteiger partial charge in [-0.25, -0.2) is 4.98 Å². The van der Waals surface area contributed by atoms with Gasteiger partial charge in [-0.15, -0.1) is 16.4 Å². The van der Waals surface area contributed by atoms with E-state index in [0.29, 0.717) is 10.9 Å². The molecule has 0 saturated heterocycles. The predicted molar refractivity (Wildman–Crippen MR) is 107 cm³/mol. The van der Waals surface area contributed by atoms with Gasteiger partial charge >= 0.3 is 0 Å². The van der Waals surface area contributed by atoms with Crippen LogP contribution >= 0.6 is 34.7 Å². The van der Waals surface area contributed by atoms with Gasteiger partial charge in [0, 0.05) is 22.6 Å². The van der Waals surface area contributed by atoms with E-state index >= 15 is 0 Å². The molecule has 136 valence electrons. The number of tetrazole rings is 1. The Bertz CT molecular complexity index is 1030. The highest BCUT2D eigenvalue weighted by Gasteiger charge is 2.11. The number of hydrogen-bond donors (Lipinski definition) is 1. The molecule has 0 radical (unpaired) electrons. The molecular weight excluding hydrogens is 402 g/mol. The van der Waals surface area contributed by atoms with Crippen LogP contribution in [0.15, 0.2) is 59.1 Å². The number of hydrogen-bond acceptors (Lipinski definition) is 7. The summed E-state index contributed by atoms with van der Waals surface area (Å²) in [5.41, 5.74) is 2.97. The van der Waals surface area contributed by atoms with Crippen LogP contribution in [0.2, 0.25) is 5.02 Å². The van der Waals surface area contributed by atoms with E-state index in [1.165, 1.54) is 17.3 Å². The third-order valence-electron chi connectivity index (χ3n) is 3.75. The average Bonchev–Trinajstić information content (AvgIpc) is 3.32. The number of aromatic hydroxyl groups is 1. The van der Waals surface area contributed by atoms with E-state index < -0.39 is 0 Å². The molecule has 4 aromatic rings. The number of aromatic nitrogens is 5.